The molecule has 0 saturated carbocycles. The van der Waals surface area contributed by atoms with Crippen molar-refractivity contribution >= 4 is 23.4 Å². The maximum Gasteiger partial charge on any atom is 0.249 e. The standard InChI is InChI=1S/C30H39N3O5/c1-6-20(19-34)33-24-27(37)32(28(3,4)5)18-12-16-30(24)23(26(33)36)22-25(35)31(21-13-9-8-10-14-21)17-11-15-29(22,7-2)38-30/h8-16,20,22-24,34H,6-7,17-19H2,1-5H3/t20-,22+,23-,24?,29-,30-/m0/s1. The number of rotatable bonds is 5. The van der Waals surface area contributed by atoms with Crippen molar-refractivity contribution in [3.63, 3.8) is 0 Å². The highest BCUT2D eigenvalue weighted by molar-refractivity contribution is 6.04. The van der Waals surface area contributed by atoms with E-state index in [9.17, 15) is 19.5 Å². The molecule has 1 unspecified atom stereocenters. The van der Waals surface area contributed by atoms with Crippen molar-refractivity contribution in [3.8, 4) is 0 Å². The van der Waals surface area contributed by atoms with E-state index in [0.717, 1.165) is 5.69 Å². The number of benzene rings is 1. The average molecular weight is 522 g/mol. The smallest absolute Gasteiger partial charge is 0.249 e. The zero-order valence-corrected chi connectivity index (χ0v) is 23.0. The second-order valence-corrected chi connectivity index (χ2v) is 11.8. The predicted octanol–water partition coefficient (Wildman–Crippen LogP) is 2.92. The zero-order chi connectivity index (χ0) is 27.5. The molecule has 0 aliphatic carbocycles. The predicted molar refractivity (Wildman–Crippen MR) is 144 cm³/mol. The largest absolute Gasteiger partial charge is 0.394 e. The first-order chi connectivity index (χ1) is 18.1. The van der Waals surface area contributed by atoms with Crippen LogP contribution in [0.3, 0.4) is 0 Å². The fourth-order valence-corrected chi connectivity index (χ4v) is 6.95. The number of anilines is 1. The number of aliphatic hydroxyl groups excluding tert-OH is 1. The Morgan fingerprint density at radius 1 is 0.974 bits per heavy atom. The Balaban J connectivity index is 1.70. The van der Waals surface area contributed by atoms with E-state index in [1.807, 2.05) is 89.3 Å². The third-order valence-corrected chi connectivity index (χ3v) is 8.83. The Kier molecular flexibility index (Phi) is 6.55. The lowest BCUT2D eigenvalue weighted by atomic mass is 9.73. The van der Waals surface area contributed by atoms with Crippen molar-refractivity contribution in [2.45, 2.75) is 76.3 Å². The van der Waals surface area contributed by atoms with Crippen LogP contribution >= 0.6 is 0 Å². The van der Waals surface area contributed by atoms with Crippen molar-refractivity contribution in [2.75, 3.05) is 24.6 Å². The maximum absolute atomic E-state index is 14.5. The van der Waals surface area contributed by atoms with Gasteiger partial charge in [0.1, 0.15) is 11.6 Å². The van der Waals surface area contributed by atoms with Gasteiger partial charge in [0.15, 0.2) is 0 Å². The Labute approximate surface area is 224 Å². The van der Waals surface area contributed by atoms with Crippen molar-refractivity contribution in [1.82, 2.24) is 9.80 Å². The van der Waals surface area contributed by atoms with E-state index >= 15 is 0 Å². The molecule has 4 aliphatic heterocycles. The minimum atomic E-state index is -1.32. The van der Waals surface area contributed by atoms with Gasteiger partial charge < -0.3 is 24.5 Å². The van der Waals surface area contributed by atoms with Crippen molar-refractivity contribution in [2.24, 2.45) is 11.8 Å². The molecule has 0 bridgehead atoms. The van der Waals surface area contributed by atoms with Crippen molar-refractivity contribution in [3.05, 3.63) is 54.6 Å². The van der Waals surface area contributed by atoms with Crippen LogP contribution in [0.4, 0.5) is 5.69 Å². The van der Waals surface area contributed by atoms with Crippen LogP contribution in [0.1, 0.15) is 47.5 Å². The van der Waals surface area contributed by atoms with Crippen LogP contribution in [0, 0.1) is 11.8 Å². The number of aliphatic hydroxyl groups is 1. The van der Waals surface area contributed by atoms with Crippen LogP contribution in [0.5, 0.6) is 0 Å². The summed E-state index contributed by atoms with van der Waals surface area (Å²) >= 11 is 0. The number of amides is 3. The normalized spacial score (nSPS) is 33.7. The summed E-state index contributed by atoms with van der Waals surface area (Å²) in [6.07, 6.45) is 8.60. The molecule has 8 heteroatoms. The quantitative estimate of drug-likeness (QED) is 0.602. The molecule has 3 amide bonds. The molecule has 0 aromatic heterocycles. The molecular formula is C30H39N3O5. The highest BCUT2D eigenvalue weighted by Crippen LogP contribution is 2.59. The van der Waals surface area contributed by atoms with E-state index in [1.54, 1.807) is 9.80 Å². The molecule has 1 aromatic rings. The molecule has 6 atom stereocenters. The van der Waals surface area contributed by atoms with Crippen LogP contribution in [0.25, 0.3) is 0 Å². The lowest BCUT2D eigenvalue weighted by Crippen LogP contribution is -2.61. The zero-order valence-electron chi connectivity index (χ0n) is 23.0. The minimum Gasteiger partial charge on any atom is -0.394 e. The summed E-state index contributed by atoms with van der Waals surface area (Å²) in [4.78, 5) is 48.3. The number of ether oxygens (including phenoxy) is 1. The summed E-state index contributed by atoms with van der Waals surface area (Å²) in [5.41, 5.74) is -2.10. The van der Waals surface area contributed by atoms with E-state index in [0.29, 0.717) is 25.9 Å². The van der Waals surface area contributed by atoms with Gasteiger partial charge in [-0.1, -0.05) is 56.4 Å². The summed E-state index contributed by atoms with van der Waals surface area (Å²) < 4.78 is 6.99. The van der Waals surface area contributed by atoms with Gasteiger partial charge in [-0.15, -0.1) is 0 Å². The Morgan fingerprint density at radius 3 is 2.26 bits per heavy atom. The molecule has 38 heavy (non-hydrogen) atoms. The molecule has 2 saturated heterocycles. The SMILES string of the molecule is CC[C@@H](CO)N1C(=O)[C@@H]2[C@@H]3C(=O)N(c4ccccc4)CC=C[C@]3(CC)O[C@@]23C=CCN(C(C)(C)C)C(=O)C13. The van der Waals surface area contributed by atoms with Gasteiger partial charge in [-0.2, -0.15) is 0 Å². The molecular weight excluding hydrogens is 482 g/mol. The average Bonchev–Trinajstić information content (AvgIpc) is 3.17. The van der Waals surface area contributed by atoms with Gasteiger partial charge in [0, 0.05) is 24.3 Å². The third kappa shape index (κ3) is 3.67. The number of likely N-dealkylation sites (tertiary alicyclic amines) is 1. The molecule has 4 heterocycles. The third-order valence-electron chi connectivity index (χ3n) is 8.83. The van der Waals surface area contributed by atoms with Crippen LogP contribution < -0.4 is 4.90 Å². The molecule has 0 radical (unpaired) electrons. The lowest BCUT2D eigenvalue weighted by Gasteiger charge is -2.43. The fourth-order valence-electron chi connectivity index (χ4n) is 6.95. The first-order valence-corrected chi connectivity index (χ1v) is 13.7. The van der Waals surface area contributed by atoms with Crippen molar-refractivity contribution in [1.29, 1.82) is 0 Å². The second-order valence-electron chi connectivity index (χ2n) is 11.8. The van der Waals surface area contributed by atoms with E-state index in [-0.39, 0.29) is 24.3 Å². The Morgan fingerprint density at radius 2 is 1.66 bits per heavy atom. The number of hydrogen-bond acceptors (Lipinski definition) is 5. The topological polar surface area (TPSA) is 90.4 Å². The van der Waals surface area contributed by atoms with Gasteiger partial charge in [-0.3, -0.25) is 14.4 Å². The maximum atomic E-state index is 14.5. The van der Waals surface area contributed by atoms with Crippen LogP contribution in [-0.4, -0.2) is 81.1 Å². The van der Waals surface area contributed by atoms with Crippen LogP contribution in [0.15, 0.2) is 54.6 Å². The fraction of sp³-hybridized carbons (Fsp3) is 0.567. The summed E-state index contributed by atoms with van der Waals surface area (Å²) in [6, 6.07) is 7.91. The number of nitrogens with zero attached hydrogens (tertiary/aromatic N) is 3. The highest BCUT2D eigenvalue weighted by Gasteiger charge is 2.76. The van der Waals surface area contributed by atoms with E-state index < -0.39 is 40.7 Å². The molecule has 4 aliphatic rings. The van der Waals surface area contributed by atoms with Crippen LogP contribution in [-0.2, 0) is 19.1 Å². The molecule has 204 valence electrons. The Hall–Kier alpha value is -2.97. The summed E-state index contributed by atoms with van der Waals surface area (Å²) in [5, 5.41) is 10.3. The molecule has 1 N–H and O–H groups in total. The number of carbonyl (C=O) groups excluding carboxylic acids is 3. The van der Waals surface area contributed by atoms with E-state index in [2.05, 4.69) is 0 Å². The molecule has 1 spiro atoms. The number of carbonyl (C=O) groups is 3. The highest BCUT2D eigenvalue weighted by atomic mass is 16.5. The summed E-state index contributed by atoms with van der Waals surface area (Å²) in [5.74, 6) is -2.42. The van der Waals surface area contributed by atoms with Gasteiger partial charge in [0.2, 0.25) is 17.7 Å². The number of fused-ring (bicyclic) bond motifs is 2. The van der Waals surface area contributed by atoms with Gasteiger partial charge in [-0.25, -0.2) is 0 Å². The monoisotopic (exact) mass is 521 g/mol. The number of para-hydroxylation sites is 1. The molecule has 1 aromatic carbocycles. The lowest BCUT2D eigenvalue weighted by molar-refractivity contribution is -0.158. The minimum absolute atomic E-state index is 0.186. The molecule has 5 rings (SSSR count). The van der Waals surface area contributed by atoms with Crippen LogP contribution in [0.2, 0.25) is 0 Å². The summed E-state index contributed by atoms with van der Waals surface area (Å²) in [6.45, 7) is 10.2. The van der Waals surface area contributed by atoms with Gasteiger partial charge in [0.05, 0.1) is 30.1 Å². The van der Waals surface area contributed by atoms with E-state index in [4.69, 9.17) is 4.74 Å². The first-order valence-electron chi connectivity index (χ1n) is 13.7. The van der Waals surface area contributed by atoms with E-state index in [1.165, 1.54) is 4.90 Å². The second kappa shape index (κ2) is 9.35. The molecule has 8 nitrogen and oxygen atoms in total. The molecule has 2 fully saturated rings. The summed E-state index contributed by atoms with van der Waals surface area (Å²) in [7, 11) is 0. The van der Waals surface area contributed by atoms with Gasteiger partial charge in [-0.05, 0) is 45.7 Å². The number of hydrogen-bond donors (Lipinski definition) is 1. The van der Waals surface area contributed by atoms with Gasteiger partial charge in [0.25, 0.3) is 0 Å². The first kappa shape index (κ1) is 26.6. The Bertz CT molecular complexity index is 1170. The van der Waals surface area contributed by atoms with Crippen molar-refractivity contribution < 1.29 is 24.2 Å². The van der Waals surface area contributed by atoms with Gasteiger partial charge >= 0.3 is 0 Å².